The molecule has 0 bridgehead atoms. The fraction of sp³-hybridized carbons (Fsp3) is 0.125. The molecule has 5 aromatic rings. The second kappa shape index (κ2) is 20.1. The minimum absolute atomic E-state index is 0.0815. The molecule has 0 heterocycles. The Morgan fingerprint density at radius 2 is 0.891 bits per heavy atom. The number of esters is 2. The molecule has 0 fully saturated rings. The van der Waals surface area contributed by atoms with Crippen molar-refractivity contribution < 1.29 is 19.1 Å². The van der Waals surface area contributed by atoms with Gasteiger partial charge in [-0.15, -0.1) is 0 Å². The molecule has 0 saturated heterocycles. The van der Waals surface area contributed by atoms with E-state index in [0.29, 0.717) is 24.0 Å². The zero-order valence-corrected chi connectivity index (χ0v) is 30.6. The van der Waals surface area contributed by atoms with Crippen LogP contribution in [-0.2, 0) is 31.9 Å². The summed E-state index contributed by atoms with van der Waals surface area (Å²) in [5, 5.41) is 19.4. The van der Waals surface area contributed by atoms with Crippen LogP contribution < -0.4 is 4.90 Å². The van der Waals surface area contributed by atoms with Crippen molar-refractivity contribution in [2.24, 2.45) is 0 Å². The van der Waals surface area contributed by atoms with Crippen LogP contribution in [0, 0.1) is 22.7 Å². The molecule has 5 rings (SSSR count). The molecule has 0 saturated carbocycles. The average Bonchev–Trinajstić information content (AvgIpc) is 3.24. The Morgan fingerprint density at radius 3 is 1.25 bits per heavy atom. The number of benzene rings is 5. The van der Waals surface area contributed by atoms with Gasteiger partial charge in [0.05, 0.1) is 13.2 Å². The minimum Gasteiger partial charge on any atom is -0.462 e. The van der Waals surface area contributed by atoms with Gasteiger partial charge in [-0.25, -0.2) is 9.59 Å². The van der Waals surface area contributed by atoms with Crippen LogP contribution in [0.2, 0.25) is 0 Å². The third-order valence-electron chi connectivity index (χ3n) is 8.74. The second-order valence-electron chi connectivity index (χ2n) is 12.6. The van der Waals surface area contributed by atoms with Gasteiger partial charge in [0.25, 0.3) is 0 Å². The quantitative estimate of drug-likeness (QED) is 0.0407. The molecule has 0 aliphatic heterocycles. The van der Waals surface area contributed by atoms with E-state index >= 15 is 0 Å². The fourth-order valence-corrected chi connectivity index (χ4v) is 5.75. The first-order chi connectivity index (χ1) is 26.9. The topological polar surface area (TPSA) is 103 Å². The lowest BCUT2D eigenvalue weighted by Crippen LogP contribution is -2.10. The molecule has 0 radical (unpaired) electrons. The predicted molar refractivity (Wildman–Crippen MR) is 220 cm³/mol. The first kappa shape index (κ1) is 39.0. The fourth-order valence-electron chi connectivity index (χ4n) is 5.75. The number of aryl methyl sites for hydroxylation is 2. The number of nitrogens with zero attached hydrogens (tertiary/aromatic N) is 3. The Morgan fingerprint density at radius 1 is 0.527 bits per heavy atom. The highest BCUT2D eigenvalue weighted by molar-refractivity contribution is 5.98. The molecule has 0 N–H and O–H groups in total. The summed E-state index contributed by atoms with van der Waals surface area (Å²) >= 11 is 0. The van der Waals surface area contributed by atoms with Crippen LogP contribution in [0.5, 0.6) is 0 Å². The van der Waals surface area contributed by atoms with E-state index in [4.69, 9.17) is 9.47 Å². The van der Waals surface area contributed by atoms with Gasteiger partial charge < -0.3 is 14.4 Å². The average molecular weight is 724 g/mol. The van der Waals surface area contributed by atoms with E-state index in [2.05, 4.69) is 18.1 Å². The summed E-state index contributed by atoms with van der Waals surface area (Å²) < 4.78 is 10.8. The first-order valence-electron chi connectivity index (χ1n) is 18.0. The summed E-state index contributed by atoms with van der Waals surface area (Å²) in [5.74, 6) is -1.32. The maximum atomic E-state index is 12.7. The molecule has 0 aliphatic carbocycles. The van der Waals surface area contributed by atoms with Gasteiger partial charge in [-0.1, -0.05) is 116 Å². The normalized spacial score (nSPS) is 11.1. The molecule has 0 unspecified atom stereocenters. The number of rotatable bonds is 17. The standard InChI is InChI=1S/C48H41N3O4/c1-3-36-14-18-38(19-15-36)10-8-30-54-47(52)42(34-49)32-40-22-26-45(27-23-40)51(44-12-6-5-7-13-44)46-28-24-41(25-29-46)33-43(35-50)48(53)55-31-9-11-39-20-16-37(4-2)17-21-39/h3-7,12-29,32-33H,1-2,8-11,30-31H2/b42-32+,43-33+. The number of hydrogen-bond donors (Lipinski definition) is 0. The van der Waals surface area contributed by atoms with Crippen LogP contribution in [-0.4, -0.2) is 25.2 Å². The van der Waals surface area contributed by atoms with E-state index in [0.717, 1.165) is 52.2 Å². The third kappa shape index (κ3) is 11.4. The lowest BCUT2D eigenvalue weighted by molar-refractivity contribution is -0.139. The summed E-state index contributed by atoms with van der Waals surface area (Å²) in [6.45, 7) is 7.94. The minimum atomic E-state index is -0.660. The summed E-state index contributed by atoms with van der Waals surface area (Å²) in [7, 11) is 0. The van der Waals surface area contributed by atoms with Crippen molar-refractivity contribution in [3.05, 3.63) is 185 Å². The molecule has 0 aromatic heterocycles. The van der Waals surface area contributed by atoms with Crippen LogP contribution in [0.4, 0.5) is 17.1 Å². The molecule has 0 amide bonds. The Labute approximate surface area is 323 Å². The first-order valence-corrected chi connectivity index (χ1v) is 18.0. The van der Waals surface area contributed by atoms with Crippen LogP contribution in [0.25, 0.3) is 24.3 Å². The maximum Gasteiger partial charge on any atom is 0.348 e. The zero-order valence-electron chi connectivity index (χ0n) is 30.6. The van der Waals surface area contributed by atoms with Gasteiger partial charge in [0.2, 0.25) is 0 Å². The van der Waals surface area contributed by atoms with E-state index in [1.807, 2.05) is 140 Å². The van der Waals surface area contributed by atoms with Gasteiger partial charge in [0, 0.05) is 17.1 Å². The number of anilines is 3. The molecule has 0 atom stereocenters. The Bertz CT molecular complexity index is 2080. The van der Waals surface area contributed by atoms with Crippen LogP contribution in [0.1, 0.15) is 46.2 Å². The lowest BCUT2D eigenvalue weighted by Gasteiger charge is -2.25. The molecular formula is C48H41N3O4. The van der Waals surface area contributed by atoms with E-state index in [9.17, 15) is 20.1 Å². The molecule has 0 spiro atoms. The molecule has 272 valence electrons. The highest BCUT2D eigenvalue weighted by Crippen LogP contribution is 2.35. The maximum absolute atomic E-state index is 12.7. The number of hydrogen-bond acceptors (Lipinski definition) is 7. The summed E-state index contributed by atoms with van der Waals surface area (Å²) in [4.78, 5) is 27.5. The van der Waals surface area contributed by atoms with E-state index in [-0.39, 0.29) is 24.4 Å². The van der Waals surface area contributed by atoms with Gasteiger partial charge in [-0.3, -0.25) is 0 Å². The zero-order chi connectivity index (χ0) is 38.8. The summed E-state index contributed by atoms with van der Waals surface area (Å²) in [5.41, 5.74) is 8.13. The highest BCUT2D eigenvalue weighted by atomic mass is 16.5. The van der Waals surface area contributed by atoms with Gasteiger partial charge in [-0.2, -0.15) is 10.5 Å². The van der Waals surface area contributed by atoms with Gasteiger partial charge in [-0.05, 0) is 108 Å². The van der Waals surface area contributed by atoms with Crippen molar-refractivity contribution >= 4 is 53.3 Å². The van der Waals surface area contributed by atoms with Crippen molar-refractivity contribution in [3.8, 4) is 12.1 Å². The van der Waals surface area contributed by atoms with E-state index in [1.54, 1.807) is 12.2 Å². The molecule has 5 aromatic carbocycles. The van der Waals surface area contributed by atoms with Crippen molar-refractivity contribution in [3.63, 3.8) is 0 Å². The van der Waals surface area contributed by atoms with Crippen molar-refractivity contribution in [2.75, 3.05) is 18.1 Å². The second-order valence-corrected chi connectivity index (χ2v) is 12.6. The molecule has 7 heteroatoms. The number of carbonyl (C=O) groups excluding carboxylic acids is 2. The SMILES string of the molecule is C=Cc1ccc(CCCOC(=O)/C(C#N)=C/c2ccc(N(c3ccccc3)c3ccc(/C=C(\C#N)C(=O)OCCCc4ccc(C=C)cc4)cc3)cc2)cc1. The molecule has 7 nitrogen and oxygen atoms in total. The smallest absolute Gasteiger partial charge is 0.348 e. The van der Waals surface area contributed by atoms with Crippen LogP contribution in [0.3, 0.4) is 0 Å². The van der Waals surface area contributed by atoms with Gasteiger partial charge in [0.15, 0.2) is 0 Å². The van der Waals surface area contributed by atoms with Crippen LogP contribution in [0.15, 0.2) is 152 Å². The largest absolute Gasteiger partial charge is 0.462 e. The Kier molecular flexibility index (Phi) is 14.3. The monoisotopic (exact) mass is 723 g/mol. The Hall–Kier alpha value is -7.22. The molecular weight excluding hydrogens is 683 g/mol. The summed E-state index contributed by atoms with van der Waals surface area (Å²) in [6, 6.07) is 44.8. The van der Waals surface area contributed by atoms with Crippen molar-refractivity contribution in [1.82, 2.24) is 0 Å². The number of nitriles is 2. The van der Waals surface area contributed by atoms with Gasteiger partial charge >= 0.3 is 11.9 Å². The summed E-state index contributed by atoms with van der Waals surface area (Å²) in [6.07, 6.45) is 9.39. The Balaban J connectivity index is 1.22. The van der Waals surface area contributed by atoms with Crippen molar-refractivity contribution in [2.45, 2.75) is 25.7 Å². The van der Waals surface area contributed by atoms with E-state index < -0.39 is 11.9 Å². The third-order valence-corrected chi connectivity index (χ3v) is 8.74. The molecule has 0 aliphatic rings. The van der Waals surface area contributed by atoms with Crippen molar-refractivity contribution in [1.29, 1.82) is 10.5 Å². The predicted octanol–water partition coefficient (Wildman–Crippen LogP) is 10.6. The number of para-hydroxylation sites is 1. The van der Waals surface area contributed by atoms with Gasteiger partial charge in [0.1, 0.15) is 23.3 Å². The van der Waals surface area contributed by atoms with E-state index in [1.165, 1.54) is 12.2 Å². The lowest BCUT2D eigenvalue weighted by atomic mass is 10.1. The highest BCUT2D eigenvalue weighted by Gasteiger charge is 2.15. The number of carbonyl (C=O) groups is 2. The van der Waals surface area contributed by atoms with Crippen LogP contribution >= 0.6 is 0 Å². The molecule has 55 heavy (non-hydrogen) atoms. The number of ether oxygens (including phenoxy) is 2.